The zero-order chi connectivity index (χ0) is 49.7. The fourth-order valence-corrected chi connectivity index (χ4v) is 9.36. The molecule has 0 aliphatic carbocycles. The second-order valence-corrected chi connectivity index (χ2v) is 20.3. The number of hydrogen-bond acceptors (Lipinski definition) is 11. The molecule has 1 N–H and O–H groups in total. The summed E-state index contributed by atoms with van der Waals surface area (Å²) in [7, 11) is -3.10. The molecular formula is C48H42F4N6O9S2. The normalized spacial score (nSPS) is 13.3. The molecule has 4 heterocycles. The smallest absolute Gasteiger partial charge is 0.258 e. The van der Waals surface area contributed by atoms with Gasteiger partial charge in [0.15, 0.2) is 11.5 Å². The largest absolute Gasteiger partial charge is 0.505 e. The third-order valence-corrected chi connectivity index (χ3v) is 14.2. The Morgan fingerprint density at radius 3 is 1.61 bits per heavy atom. The van der Waals surface area contributed by atoms with Gasteiger partial charge in [-0.05, 0) is 54.1 Å². The maximum Gasteiger partial charge on any atom is 0.258 e. The molecule has 15 nitrogen and oxygen atoms in total. The number of ether oxygens (including phenoxy) is 2. The first-order valence-corrected chi connectivity index (χ1v) is 24.5. The molecule has 2 aliphatic heterocycles. The molecule has 0 bridgehead atoms. The number of rotatable bonds is 12. The van der Waals surface area contributed by atoms with Crippen molar-refractivity contribution < 1.29 is 58.6 Å². The zero-order valence-electron chi connectivity index (χ0n) is 37.5. The van der Waals surface area contributed by atoms with Crippen LogP contribution in [0.4, 0.5) is 28.9 Å². The second-order valence-electron chi connectivity index (χ2n) is 16.3. The number of amides is 2. The van der Waals surface area contributed by atoms with E-state index in [1.54, 1.807) is 43.5 Å². The number of methoxy groups -OCH3 is 1. The van der Waals surface area contributed by atoms with E-state index in [1.165, 1.54) is 48.4 Å². The first-order chi connectivity index (χ1) is 32.7. The van der Waals surface area contributed by atoms with Crippen molar-refractivity contribution in [2.24, 2.45) is 0 Å². The molecular weight excluding hydrogens is 945 g/mol. The minimum absolute atomic E-state index is 0.0100. The van der Waals surface area contributed by atoms with Crippen molar-refractivity contribution in [3.63, 3.8) is 0 Å². The summed E-state index contributed by atoms with van der Waals surface area (Å²) >= 11 is 0. The van der Waals surface area contributed by atoms with Gasteiger partial charge in [0.25, 0.3) is 11.8 Å². The van der Waals surface area contributed by atoms with Crippen molar-refractivity contribution in [2.45, 2.75) is 32.8 Å². The number of hydrogen-bond donors (Lipinski definition) is 1. The highest BCUT2D eigenvalue weighted by molar-refractivity contribution is 7.92. The standard InChI is InChI=1S/C28H25F2N3O5S.C20H17F2N3O4S/c1-32(39(3,35)36)26-21-5-4-12-31-25(21)27(38-16-17-6-10-20(37-2)11-7-17)24-22(26)15-33(28(24)34)14-18-8-9-19(29)13-23(18)30;1-24(30(2,28)29)18-13-4-3-7-23-17(13)19(26)16-14(18)10-25(20(16)27)9-11-5-6-12(21)8-15(11)22/h4-13H,14-16H2,1-3H3;3-8,26H,9-10H2,1-2H3. The topological polar surface area (TPSA) is 180 Å². The third kappa shape index (κ3) is 9.26. The summed E-state index contributed by atoms with van der Waals surface area (Å²) in [6, 6.07) is 20.0. The van der Waals surface area contributed by atoms with Crippen LogP contribution >= 0.6 is 0 Å². The highest BCUT2D eigenvalue weighted by Crippen LogP contribution is 2.47. The van der Waals surface area contributed by atoms with Crippen LogP contribution in [0.2, 0.25) is 0 Å². The number of pyridine rings is 2. The molecule has 7 aromatic rings. The average molecular weight is 987 g/mol. The molecule has 0 atom stereocenters. The molecule has 21 heteroatoms. The summed E-state index contributed by atoms with van der Waals surface area (Å²) < 4.78 is 119. The fourth-order valence-electron chi connectivity index (χ4n) is 8.28. The van der Waals surface area contributed by atoms with Crippen LogP contribution in [-0.4, -0.2) is 87.2 Å². The van der Waals surface area contributed by atoms with Crippen molar-refractivity contribution in [3.05, 3.63) is 160 Å². The van der Waals surface area contributed by atoms with E-state index in [0.717, 1.165) is 51.0 Å². The summed E-state index contributed by atoms with van der Waals surface area (Å²) in [6.07, 6.45) is 5.04. The van der Waals surface area contributed by atoms with Crippen LogP contribution in [0.1, 0.15) is 48.5 Å². The molecule has 358 valence electrons. The van der Waals surface area contributed by atoms with E-state index in [-0.39, 0.29) is 77.7 Å². The first-order valence-electron chi connectivity index (χ1n) is 20.8. The summed E-state index contributed by atoms with van der Waals surface area (Å²) in [5.41, 5.74) is 2.75. The lowest BCUT2D eigenvalue weighted by Gasteiger charge is -2.23. The number of phenols is 1. The third-order valence-electron chi connectivity index (χ3n) is 11.8. The highest BCUT2D eigenvalue weighted by Gasteiger charge is 2.39. The second kappa shape index (κ2) is 18.5. The Balaban J connectivity index is 0.000000192. The van der Waals surface area contributed by atoms with E-state index < -0.39 is 55.1 Å². The lowest BCUT2D eigenvalue weighted by Crippen LogP contribution is -2.26. The number of nitrogens with zero attached hydrogens (tertiary/aromatic N) is 6. The molecule has 0 fully saturated rings. The molecule has 0 saturated carbocycles. The molecule has 2 aromatic heterocycles. The number of carbonyl (C=O) groups excluding carboxylic acids is 2. The lowest BCUT2D eigenvalue weighted by atomic mass is 10.0. The van der Waals surface area contributed by atoms with E-state index in [1.807, 2.05) is 12.1 Å². The van der Waals surface area contributed by atoms with Gasteiger partial charge in [0.2, 0.25) is 20.0 Å². The van der Waals surface area contributed by atoms with Crippen LogP contribution < -0.4 is 18.1 Å². The Labute approximate surface area is 393 Å². The van der Waals surface area contributed by atoms with E-state index in [0.29, 0.717) is 38.9 Å². The van der Waals surface area contributed by atoms with Gasteiger partial charge >= 0.3 is 0 Å². The van der Waals surface area contributed by atoms with Gasteiger partial charge in [-0.2, -0.15) is 0 Å². The molecule has 5 aromatic carbocycles. The molecule has 69 heavy (non-hydrogen) atoms. The van der Waals surface area contributed by atoms with Gasteiger partial charge in [-0.1, -0.05) is 24.3 Å². The summed E-state index contributed by atoms with van der Waals surface area (Å²) in [5, 5.41) is 11.6. The average Bonchev–Trinajstić information content (AvgIpc) is 3.81. The molecule has 0 saturated heterocycles. The maximum absolute atomic E-state index is 14.5. The van der Waals surface area contributed by atoms with Crippen LogP contribution in [0.25, 0.3) is 21.8 Å². The molecule has 9 rings (SSSR count). The van der Waals surface area contributed by atoms with E-state index in [4.69, 9.17) is 9.47 Å². The number of carbonyl (C=O) groups is 2. The van der Waals surface area contributed by atoms with Crippen molar-refractivity contribution in [3.8, 4) is 17.2 Å². The number of aromatic hydroxyl groups is 1. The number of sulfonamides is 2. The van der Waals surface area contributed by atoms with Gasteiger partial charge in [0.05, 0.1) is 42.1 Å². The molecule has 2 aliphatic rings. The van der Waals surface area contributed by atoms with Gasteiger partial charge in [-0.3, -0.25) is 28.2 Å². The molecule has 0 spiro atoms. The summed E-state index contributed by atoms with van der Waals surface area (Å²) in [5.74, 6) is -3.60. The van der Waals surface area contributed by atoms with Gasteiger partial charge in [-0.25, -0.2) is 34.4 Å². The van der Waals surface area contributed by atoms with Gasteiger partial charge < -0.3 is 24.4 Å². The minimum atomic E-state index is -3.73. The Bertz CT molecular complexity index is 3460. The Morgan fingerprint density at radius 2 is 1.13 bits per heavy atom. The van der Waals surface area contributed by atoms with Crippen molar-refractivity contribution in [2.75, 3.05) is 42.3 Å². The number of fused-ring (bicyclic) bond motifs is 4. The van der Waals surface area contributed by atoms with Crippen LogP contribution in [-0.2, 0) is 52.8 Å². The van der Waals surface area contributed by atoms with E-state index in [9.17, 15) is 49.1 Å². The quantitative estimate of drug-likeness (QED) is 0.120. The van der Waals surface area contributed by atoms with Crippen LogP contribution in [0, 0.1) is 23.3 Å². The molecule has 0 unspecified atom stereocenters. The fraction of sp³-hybridized carbons (Fsp3) is 0.208. The maximum atomic E-state index is 14.5. The van der Waals surface area contributed by atoms with Crippen molar-refractivity contribution >= 4 is 65.0 Å². The minimum Gasteiger partial charge on any atom is -0.505 e. The van der Waals surface area contributed by atoms with Gasteiger partial charge in [-0.15, -0.1) is 0 Å². The zero-order valence-corrected chi connectivity index (χ0v) is 39.1. The SMILES string of the molecule is CN(c1c2c(c(O)c3ncccc13)C(=O)N(Cc1ccc(F)cc1F)C2)S(C)(=O)=O.COc1ccc(COc2c3c(c(N(C)S(C)(=O)=O)c4cccnc24)CN(Cc2ccc(F)cc2F)C3=O)cc1. The Hall–Kier alpha value is -7.52. The van der Waals surface area contributed by atoms with Gasteiger partial charge in [0.1, 0.15) is 46.7 Å². The van der Waals surface area contributed by atoms with Crippen molar-refractivity contribution in [1.29, 1.82) is 0 Å². The Kier molecular flexibility index (Phi) is 12.9. The summed E-state index contributed by atoms with van der Waals surface area (Å²) in [4.78, 5) is 38.0. The number of halogens is 4. The predicted octanol–water partition coefficient (Wildman–Crippen LogP) is 7.42. The lowest BCUT2D eigenvalue weighted by molar-refractivity contribution is 0.0755. The first kappa shape index (κ1) is 48.0. The number of phenolic OH excluding ortho intramolecular Hbond substituents is 1. The van der Waals surface area contributed by atoms with Crippen LogP contribution in [0.15, 0.2) is 97.3 Å². The van der Waals surface area contributed by atoms with Crippen LogP contribution in [0.5, 0.6) is 17.2 Å². The molecule has 0 radical (unpaired) electrons. The van der Waals surface area contributed by atoms with E-state index >= 15 is 0 Å². The summed E-state index contributed by atoms with van der Waals surface area (Å²) in [6.45, 7) is -0.292. The van der Waals surface area contributed by atoms with E-state index in [2.05, 4.69) is 9.97 Å². The molecule has 2 amide bonds. The van der Waals surface area contributed by atoms with Crippen LogP contribution in [0.3, 0.4) is 0 Å². The monoisotopic (exact) mass is 986 g/mol. The van der Waals surface area contributed by atoms with Crippen molar-refractivity contribution in [1.82, 2.24) is 19.8 Å². The predicted molar refractivity (Wildman–Crippen MR) is 249 cm³/mol. The highest BCUT2D eigenvalue weighted by atomic mass is 32.2. The Morgan fingerprint density at radius 1 is 0.667 bits per heavy atom. The number of aromatic nitrogens is 2. The number of anilines is 2. The van der Waals surface area contributed by atoms with Gasteiger partial charge in [0, 0.05) is 97.8 Å². The number of benzene rings is 5.